The van der Waals surface area contributed by atoms with Gasteiger partial charge in [0.25, 0.3) is 0 Å². The zero-order chi connectivity index (χ0) is 14.9. The van der Waals surface area contributed by atoms with E-state index in [0.717, 1.165) is 0 Å². The molecule has 1 aromatic rings. The smallest absolute Gasteiger partial charge is 0.358 e. The highest BCUT2D eigenvalue weighted by Gasteiger charge is 2.56. The molecule has 8 nitrogen and oxygen atoms in total. The van der Waals surface area contributed by atoms with Crippen molar-refractivity contribution in [1.82, 2.24) is 9.78 Å². The van der Waals surface area contributed by atoms with Crippen molar-refractivity contribution in [3.05, 3.63) is 17.5 Å². The molecule has 1 aromatic heterocycles. The van der Waals surface area contributed by atoms with Crippen molar-refractivity contribution in [2.45, 2.75) is 18.4 Å². The van der Waals surface area contributed by atoms with E-state index in [2.05, 4.69) is 14.6 Å². The van der Waals surface area contributed by atoms with Gasteiger partial charge in [-0.25, -0.2) is 19.1 Å². The predicted octanol–water partition coefficient (Wildman–Crippen LogP) is 0.118. The van der Waals surface area contributed by atoms with Crippen LogP contribution in [0.4, 0.5) is 0 Å². The van der Waals surface area contributed by atoms with Crippen LogP contribution in [-0.2, 0) is 24.5 Å². The molecule has 0 spiro atoms. The third-order valence-electron chi connectivity index (χ3n) is 3.19. The molecule has 20 heavy (non-hydrogen) atoms. The first-order valence-corrected chi connectivity index (χ1v) is 5.85. The van der Waals surface area contributed by atoms with E-state index in [9.17, 15) is 14.4 Å². The Morgan fingerprint density at radius 1 is 1.10 bits per heavy atom. The van der Waals surface area contributed by atoms with Gasteiger partial charge in [-0.15, -0.1) is 0 Å². The molecule has 0 aromatic carbocycles. The first kappa shape index (κ1) is 14.0. The lowest BCUT2D eigenvalue weighted by atomic mass is 10.2. The van der Waals surface area contributed by atoms with E-state index in [1.54, 1.807) is 0 Å². The van der Waals surface area contributed by atoms with Gasteiger partial charge in [0.15, 0.2) is 11.2 Å². The molecule has 0 saturated heterocycles. The molecule has 2 rings (SSSR count). The minimum Gasteiger partial charge on any atom is -0.467 e. The molecule has 0 unspecified atom stereocenters. The van der Waals surface area contributed by atoms with Gasteiger partial charge in [-0.3, -0.25) is 0 Å². The molecule has 0 atom stereocenters. The van der Waals surface area contributed by atoms with Crippen molar-refractivity contribution in [3.63, 3.8) is 0 Å². The number of aromatic nitrogens is 2. The Hall–Kier alpha value is -2.38. The predicted molar refractivity (Wildman–Crippen MR) is 64.1 cm³/mol. The summed E-state index contributed by atoms with van der Waals surface area (Å²) in [6, 6.07) is 1.24. The molecule has 1 aliphatic rings. The third-order valence-corrected chi connectivity index (χ3v) is 3.19. The van der Waals surface area contributed by atoms with Gasteiger partial charge in [-0.1, -0.05) is 0 Å². The molecule has 1 aliphatic carbocycles. The summed E-state index contributed by atoms with van der Waals surface area (Å²) in [5.41, 5.74) is -1.09. The quantitative estimate of drug-likeness (QED) is 0.571. The van der Waals surface area contributed by atoms with E-state index < -0.39 is 23.4 Å². The Balaban J connectivity index is 2.51. The molecule has 0 bridgehead atoms. The molecule has 108 valence electrons. The van der Waals surface area contributed by atoms with Crippen LogP contribution >= 0.6 is 0 Å². The van der Waals surface area contributed by atoms with E-state index in [1.165, 1.54) is 32.1 Å². The van der Waals surface area contributed by atoms with E-state index in [1.807, 2.05) is 0 Å². The highest BCUT2D eigenvalue weighted by atomic mass is 16.5. The first-order chi connectivity index (χ1) is 9.50. The fourth-order valence-electron chi connectivity index (χ4n) is 1.97. The fourth-order valence-corrected chi connectivity index (χ4v) is 1.97. The fraction of sp³-hybridized carbons (Fsp3) is 0.500. The van der Waals surface area contributed by atoms with Gasteiger partial charge >= 0.3 is 17.9 Å². The first-order valence-electron chi connectivity index (χ1n) is 5.85. The summed E-state index contributed by atoms with van der Waals surface area (Å²) in [5.74, 6) is -1.90. The summed E-state index contributed by atoms with van der Waals surface area (Å²) >= 11 is 0. The molecule has 1 fully saturated rings. The van der Waals surface area contributed by atoms with E-state index >= 15 is 0 Å². The van der Waals surface area contributed by atoms with Gasteiger partial charge in [-0.05, 0) is 12.8 Å². The van der Waals surface area contributed by atoms with Gasteiger partial charge in [0.2, 0.25) is 0 Å². The van der Waals surface area contributed by atoms with Crippen LogP contribution in [0.1, 0.15) is 33.8 Å². The van der Waals surface area contributed by atoms with Crippen LogP contribution in [0.25, 0.3) is 0 Å². The second kappa shape index (κ2) is 4.95. The summed E-state index contributed by atoms with van der Waals surface area (Å²) in [7, 11) is 3.66. The lowest BCUT2D eigenvalue weighted by Gasteiger charge is -2.15. The van der Waals surface area contributed by atoms with Crippen molar-refractivity contribution >= 4 is 17.9 Å². The molecule has 0 amide bonds. The van der Waals surface area contributed by atoms with Gasteiger partial charge in [0, 0.05) is 6.07 Å². The van der Waals surface area contributed by atoms with Crippen molar-refractivity contribution in [2.75, 3.05) is 21.3 Å². The Bertz CT molecular complexity index is 573. The number of ether oxygens (including phenoxy) is 3. The normalized spacial score (nSPS) is 15.3. The van der Waals surface area contributed by atoms with Crippen LogP contribution in [0, 0.1) is 0 Å². The van der Waals surface area contributed by atoms with Crippen molar-refractivity contribution in [1.29, 1.82) is 0 Å². The summed E-state index contributed by atoms with van der Waals surface area (Å²) in [6.07, 6.45) is 0.956. The van der Waals surface area contributed by atoms with Crippen LogP contribution in [0.5, 0.6) is 0 Å². The summed E-state index contributed by atoms with van der Waals surface area (Å²) in [4.78, 5) is 35.1. The second-order valence-corrected chi connectivity index (χ2v) is 4.33. The van der Waals surface area contributed by atoms with Crippen molar-refractivity contribution < 1.29 is 28.6 Å². The maximum Gasteiger partial charge on any atom is 0.358 e. The second-order valence-electron chi connectivity index (χ2n) is 4.33. The summed E-state index contributed by atoms with van der Waals surface area (Å²) < 4.78 is 15.1. The Kier molecular flexibility index (Phi) is 3.47. The lowest BCUT2D eigenvalue weighted by Crippen LogP contribution is -2.32. The van der Waals surface area contributed by atoms with Gasteiger partial charge in [-0.2, -0.15) is 5.10 Å². The van der Waals surface area contributed by atoms with Gasteiger partial charge in [0.1, 0.15) is 5.69 Å². The van der Waals surface area contributed by atoms with Crippen LogP contribution in [-0.4, -0.2) is 49.0 Å². The number of hydrogen-bond acceptors (Lipinski definition) is 7. The van der Waals surface area contributed by atoms with E-state index in [4.69, 9.17) is 4.74 Å². The van der Waals surface area contributed by atoms with Crippen molar-refractivity contribution in [2.24, 2.45) is 0 Å². The average Bonchev–Trinajstić information content (AvgIpc) is 3.16. The van der Waals surface area contributed by atoms with Crippen LogP contribution < -0.4 is 0 Å². The Morgan fingerprint density at radius 2 is 1.70 bits per heavy atom. The molecule has 1 heterocycles. The number of esters is 3. The van der Waals surface area contributed by atoms with E-state index in [-0.39, 0.29) is 11.4 Å². The third kappa shape index (κ3) is 2.02. The molecule has 0 aliphatic heterocycles. The molecule has 1 saturated carbocycles. The zero-order valence-electron chi connectivity index (χ0n) is 11.3. The summed E-state index contributed by atoms with van der Waals surface area (Å²) in [6.45, 7) is 0. The number of hydrogen-bond donors (Lipinski definition) is 0. The van der Waals surface area contributed by atoms with Gasteiger partial charge < -0.3 is 14.2 Å². The summed E-state index contributed by atoms with van der Waals surface area (Å²) in [5, 5.41) is 3.99. The average molecular weight is 282 g/mol. The maximum absolute atomic E-state index is 11.9. The van der Waals surface area contributed by atoms with Gasteiger partial charge in [0.05, 0.1) is 21.3 Å². The minimum atomic E-state index is -1.04. The molecule has 0 radical (unpaired) electrons. The number of carbonyl (C=O) groups is 3. The highest BCUT2D eigenvalue weighted by Crippen LogP contribution is 2.45. The van der Waals surface area contributed by atoms with Crippen LogP contribution in [0.3, 0.4) is 0 Å². The number of rotatable bonds is 4. The van der Waals surface area contributed by atoms with E-state index in [0.29, 0.717) is 12.8 Å². The topological polar surface area (TPSA) is 96.7 Å². The lowest BCUT2D eigenvalue weighted by molar-refractivity contribution is -0.146. The van der Waals surface area contributed by atoms with Crippen molar-refractivity contribution in [3.8, 4) is 0 Å². The molecular weight excluding hydrogens is 268 g/mol. The molecule has 0 N–H and O–H groups in total. The molecular formula is C12H14N2O6. The minimum absolute atomic E-state index is 0.0100. The monoisotopic (exact) mass is 282 g/mol. The SMILES string of the molecule is COC(=O)c1cc(C(=O)OC)n(C2(C(=O)OC)CC2)n1. The standard InChI is InChI=1S/C12H14N2O6/c1-18-9(15)7-6-8(10(16)19-2)14(13-7)12(4-5-12)11(17)20-3/h6H,4-5H2,1-3H3. The Morgan fingerprint density at radius 3 is 2.15 bits per heavy atom. The number of methoxy groups -OCH3 is 3. The zero-order valence-corrected chi connectivity index (χ0v) is 11.3. The number of nitrogens with zero attached hydrogens (tertiary/aromatic N) is 2. The number of carbonyl (C=O) groups excluding carboxylic acids is 3. The van der Waals surface area contributed by atoms with Crippen LogP contribution in [0.15, 0.2) is 6.07 Å². The Labute approximate surface area is 114 Å². The van der Waals surface area contributed by atoms with Crippen LogP contribution in [0.2, 0.25) is 0 Å². The molecule has 8 heteroatoms. The maximum atomic E-state index is 11.9. The largest absolute Gasteiger partial charge is 0.467 e. The highest BCUT2D eigenvalue weighted by molar-refractivity contribution is 5.94.